The summed E-state index contributed by atoms with van der Waals surface area (Å²) in [7, 11) is 3.31. The van der Waals surface area contributed by atoms with Gasteiger partial charge >= 0.3 is 0 Å². The zero-order chi connectivity index (χ0) is 11.1. The van der Waals surface area contributed by atoms with Crippen LogP contribution in [0.4, 0.5) is 0 Å². The monoisotopic (exact) mass is 207 g/mol. The standard InChI is InChI=1S/C12H17NO2/c1-8-7-12(8,13)10-5-4-9(14-2)6-11(10)15-3/h4-6,8H,7,13H2,1-3H3. The zero-order valence-corrected chi connectivity index (χ0v) is 9.41. The summed E-state index contributed by atoms with van der Waals surface area (Å²) < 4.78 is 10.5. The number of hydrogen-bond acceptors (Lipinski definition) is 3. The molecular weight excluding hydrogens is 190 g/mol. The Morgan fingerprint density at radius 2 is 2.00 bits per heavy atom. The molecule has 1 fully saturated rings. The van der Waals surface area contributed by atoms with Gasteiger partial charge in [-0.05, 0) is 24.5 Å². The molecule has 1 aliphatic carbocycles. The van der Waals surface area contributed by atoms with E-state index < -0.39 is 0 Å². The molecule has 0 spiro atoms. The second kappa shape index (κ2) is 3.42. The summed E-state index contributed by atoms with van der Waals surface area (Å²) in [6.07, 6.45) is 1.02. The van der Waals surface area contributed by atoms with Crippen molar-refractivity contribution in [2.24, 2.45) is 11.7 Å². The van der Waals surface area contributed by atoms with E-state index in [1.807, 2.05) is 18.2 Å². The summed E-state index contributed by atoms with van der Waals surface area (Å²) in [6.45, 7) is 2.16. The molecule has 0 aliphatic heterocycles. The molecule has 1 aromatic rings. The highest BCUT2D eigenvalue weighted by Crippen LogP contribution is 2.52. The first-order valence-electron chi connectivity index (χ1n) is 5.13. The van der Waals surface area contributed by atoms with Gasteiger partial charge < -0.3 is 15.2 Å². The van der Waals surface area contributed by atoms with Gasteiger partial charge in [0.05, 0.1) is 14.2 Å². The van der Waals surface area contributed by atoms with E-state index in [0.29, 0.717) is 5.92 Å². The smallest absolute Gasteiger partial charge is 0.127 e. The van der Waals surface area contributed by atoms with E-state index >= 15 is 0 Å². The Labute approximate surface area is 90.2 Å². The highest BCUT2D eigenvalue weighted by molar-refractivity contribution is 5.47. The lowest BCUT2D eigenvalue weighted by Gasteiger charge is -2.16. The Bertz CT molecular complexity index is 378. The van der Waals surface area contributed by atoms with Crippen molar-refractivity contribution in [3.05, 3.63) is 23.8 Å². The SMILES string of the molecule is COc1ccc(C2(N)CC2C)c(OC)c1. The molecule has 3 heteroatoms. The molecule has 2 unspecified atom stereocenters. The van der Waals surface area contributed by atoms with Crippen LogP contribution in [-0.2, 0) is 5.54 Å². The Hall–Kier alpha value is -1.22. The zero-order valence-electron chi connectivity index (χ0n) is 9.41. The second-order valence-corrected chi connectivity index (χ2v) is 4.21. The van der Waals surface area contributed by atoms with Crippen LogP contribution in [0.2, 0.25) is 0 Å². The fraction of sp³-hybridized carbons (Fsp3) is 0.500. The van der Waals surface area contributed by atoms with Crippen molar-refractivity contribution in [3.63, 3.8) is 0 Å². The lowest BCUT2D eigenvalue weighted by Crippen LogP contribution is -2.22. The molecular formula is C12H17NO2. The molecule has 0 heterocycles. The van der Waals surface area contributed by atoms with Crippen molar-refractivity contribution < 1.29 is 9.47 Å². The van der Waals surface area contributed by atoms with Crippen LogP contribution >= 0.6 is 0 Å². The molecule has 2 atom stereocenters. The Kier molecular flexibility index (Phi) is 2.35. The highest BCUT2D eigenvalue weighted by atomic mass is 16.5. The summed E-state index contributed by atoms with van der Waals surface area (Å²) in [4.78, 5) is 0. The molecule has 1 aliphatic rings. The van der Waals surface area contributed by atoms with E-state index in [0.717, 1.165) is 23.5 Å². The molecule has 2 rings (SSSR count). The third-order valence-electron chi connectivity index (χ3n) is 3.27. The van der Waals surface area contributed by atoms with Gasteiger partial charge in [0.25, 0.3) is 0 Å². The number of methoxy groups -OCH3 is 2. The maximum Gasteiger partial charge on any atom is 0.127 e. The van der Waals surface area contributed by atoms with Crippen molar-refractivity contribution in [2.45, 2.75) is 18.9 Å². The third kappa shape index (κ3) is 1.57. The second-order valence-electron chi connectivity index (χ2n) is 4.21. The predicted octanol–water partition coefficient (Wildman–Crippen LogP) is 1.90. The first-order valence-corrected chi connectivity index (χ1v) is 5.13. The number of hydrogen-bond donors (Lipinski definition) is 1. The van der Waals surface area contributed by atoms with Crippen LogP contribution in [0, 0.1) is 5.92 Å². The summed E-state index contributed by atoms with van der Waals surface area (Å²) in [6, 6.07) is 5.81. The van der Waals surface area contributed by atoms with E-state index in [9.17, 15) is 0 Å². The average molecular weight is 207 g/mol. The lowest BCUT2D eigenvalue weighted by atomic mass is 10.0. The van der Waals surface area contributed by atoms with E-state index in [-0.39, 0.29) is 5.54 Å². The van der Waals surface area contributed by atoms with Gasteiger partial charge in [0.1, 0.15) is 11.5 Å². The molecule has 0 bridgehead atoms. The fourth-order valence-electron chi connectivity index (χ4n) is 2.01. The van der Waals surface area contributed by atoms with Crippen molar-refractivity contribution in [2.75, 3.05) is 14.2 Å². The predicted molar refractivity (Wildman–Crippen MR) is 59.2 cm³/mol. The molecule has 82 valence electrons. The number of rotatable bonds is 3. The van der Waals surface area contributed by atoms with Gasteiger partial charge in [0.15, 0.2) is 0 Å². The molecule has 0 amide bonds. The summed E-state index contributed by atoms with van der Waals surface area (Å²) in [5.74, 6) is 2.15. The Morgan fingerprint density at radius 1 is 1.33 bits per heavy atom. The summed E-state index contributed by atoms with van der Waals surface area (Å²) >= 11 is 0. The van der Waals surface area contributed by atoms with Crippen LogP contribution in [0.15, 0.2) is 18.2 Å². The topological polar surface area (TPSA) is 44.5 Å². The highest BCUT2D eigenvalue weighted by Gasteiger charge is 2.50. The normalized spacial score (nSPS) is 28.7. The van der Waals surface area contributed by atoms with Crippen LogP contribution in [0.3, 0.4) is 0 Å². The first-order chi connectivity index (χ1) is 7.11. The minimum atomic E-state index is -0.197. The van der Waals surface area contributed by atoms with Gasteiger partial charge in [-0.25, -0.2) is 0 Å². The quantitative estimate of drug-likeness (QED) is 0.823. The third-order valence-corrected chi connectivity index (χ3v) is 3.27. The van der Waals surface area contributed by atoms with Crippen molar-refractivity contribution in [1.29, 1.82) is 0 Å². The van der Waals surface area contributed by atoms with Crippen LogP contribution in [0.25, 0.3) is 0 Å². The molecule has 3 nitrogen and oxygen atoms in total. The van der Waals surface area contributed by atoms with E-state index in [4.69, 9.17) is 15.2 Å². The molecule has 0 saturated heterocycles. The van der Waals surface area contributed by atoms with Gasteiger partial charge in [-0.3, -0.25) is 0 Å². The minimum Gasteiger partial charge on any atom is -0.497 e. The molecule has 0 aromatic heterocycles. The maximum absolute atomic E-state index is 6.26. The Morgan fingerprint density at radius 3 is 2.47 bits per heavy atom. The van der Waals surface area contributed by atoms with Crippen molar-refractivity contribution >= 4 is 0 Å². The summed E-state index contributed by atoms with van der Waals surface area (Å²) in [5, 5.41) is 0. The van der Waals surface area contributed by atoms with Crippen LogP contribution in [0.1, 0.15) is 18.9 Å². The van der Waals surface area contributed by atoms with Crippen LogP contribution < -0.4 is 15.2 Å². The van der Waals surface area contributed by atoms with Crippen molar-refractivity contribution in [3.8, 4) is 11.5 Å². The van der Waals surface area contributed by atoms with Gasteiger partial charge in [-0.2, -0.15) is 0 Å². The minimum absolute atomic E-state index is 0.197. The Balaban J connectivity index is 2.40. The molecule has 0 radical (unpaired) electrons. The number of nitrogens with two attached hydrogens (primary N) is 1. The molecule has 1 saturated carbocycles. The summed E-state index contributed by atoms with van der Waals surface area (Å²) in [5.41, 5.74) is 7.14. The van der Waals surface area contributed by atoms with Gasteiger partial charge in [-0.15, -0.1) is 0 Å². The van der Waals surface area contributed by atoms with E-state index in [1.165, 1.54) is 0 Å². The van der Waals surface area contributed by atoms with Crippen molar-refractivity contribution in [1.82, 2.24) is 0 Å². The fourth-order valence-corrected chi connectivity index (χ4v) is 2.01. The molecule has 1 aromatic carbocycles. The number of benzene rings is 1. The van der Waals surface area contributed by atoms with Gasteiger partial charge in [0.2, 0.25) is 0 Å². The maximum atomic E-state index is 6.26. The largest absolute Gasteiger partial charge is 0.497 e. The van der Waals surface area contributed by atoms with Gasteiger partial charge in [0, 0.05) is 17.2 Å². The van der Waals surface area contributed by atoms with Crippen LogP contribution in [-0.4, -0.2) is 14.2 Å². The molecule has 2 N–H and O–H groups in total. The molecule has 15 heavy (non-hydrogen) atoms. The lowest BCUT2D eigenvalue weighted by molar-refractivity contribution is 0.386. The van der Waals surface area contributed by atoms with E-state index in [2.05, 4.69) is 6.92 Å². The van der Waals surface area contributed by atoms with Crippen LogP contribution in [0.5, 0.6) is 11.5 Å². The first kappa shape index (κ1) is 10.3. The number of ether oxygens (including phenoxy) is 2. The van der Waals surface area contributed by atoms with E-state index in [1.54, 1.807) is 14.2 Å². The van der Waals surface area contributed by atoms with Gasteiger partial charge in [-0.1, -0.05) is 6.92 Å². The average Bonchev–Trinajstić information content (AvgIpc) is 2.87.